The van der Waals surface area contributed by atoms with E-state index in [0.717, 1.165) is 23.4 Å². The summed E-state index contributed by atoms with van der Waals surface area (Å²) in [6, 6.07) is 13.6. The van der Waals surface area contributed by atoms with Crippen LogP contribution in [-0.4, -0.2) is 26.2 Å². The summed E-state index contributed by atoms with van der Waals surface area (Å²) in [7, 11) is 3.17. The number of hydrogen-bond acceptors (Lipinski definition) is 4. The molecular weight excluding hydrogens is 316 g/mol. The number of hydrogen-bond donors (Lipinski definition) is 2. The van der Waals surface area contributed by atoms with Crippen LogP contribution >= 0.6 is 0 Å². The number of methoxy groups -OCH3 is 2. The lowest BCUT2D eigenvalue weighted by atomic mass is 10.1. The molecule has 0 radical (unpaired) electrons. The number of nitrogens with one attached hydrogen (secondary N) is 2. The molecule has 25 heavy (non-hydrogen) atoms. The molecule has 5 nitrogen and oxygen atoms in total. The van der Waals surface area contributed by atoms with Crippen LogP contribution in [0.4, 0.5) is 11.4 Å². The lowest BCUT2D eigenvalue weighted by Gasteiger charge is -2.13. The van der Waals surface area contributed by atoms with Crippen molar-refractivity contribution in [1.82, 2.24) is 0 Å². The molecule has 0 aliphatic rings. The fourth-order valence-corrected chi connectivity index (χ4v) is 2.42. The minimum atomic E-state index is -0.0742. The van der Waals surface area contributed by atoms with Gasteiger partial charge in [0.25, 0.3) is 0 Å². The highest BCUT2D eigenvalue weighted by molar-refractivity contribution is 5.92. The summed E-state index contributed by atoms with van der Waals surface area (Å²) in [6.07, 6.45) is 1.33. The van der Waals surface area contributed by atoms with Gasteiger partial charge < -0.3 is 20.1 Å². The van der Waals surface area contributed by atoms with Gasteiger partial charge in [0.15, 0.2) is 11.5 Å². The Balaban J connectivity index is 1.96. The highest BCUT2D eigenvalue weighted by Gasteiger charge is 2.09. The second kappa shape index (κ2) is 8.97. The number of amides is 1. The summed E-state index contributed by atoms with van der Waals surface area (Å²) >= 11 is 0. The van der Waals surface area contributed by atoms with Gasteiger partial charge in [-0.2, -0.15) is 0 Å². The van der Waals surface area contributed by atoms with Crippen molar-refractivity contribution in [2.24, 2.45) is 0 Å². The van der Waals surface area contributed by atoms with Crippen LogP contribution < -0.4 is 20.1 Å². The first kappa shape index (κ1) is 18.6. The standard InChI is InChI=1S/C20H26N2O3/c1-5-14(2)21-16-7-9-17(10-8-16)22-20(23)13-15-6-11-18(24-3)19(12-15)25-4/h6-12,14,21H,5,13H2,1-4H3,(H,22,23). The van der Waals surface area contributed by atoms with Gasteiger partial charge in [-0.3, -0.25) is 4.79 Å². The highest BCUT2D eigenvalue weighted by Crippen LogP contribution is 2.27. The number of carbonyl (C=O) groups is 1. The minimum Gasteiger partial charge on any atom is -0.493 e. The molecule has 0 spiro atoms. The van der Waals surface area contributed by atoms with Crippen molar-refractivity contribution in [3.8, 4) is 11.5 Å². The van der Waals surface area contributed by atoms with Crippen molar-refractivity contribution in [3.63, 3.8) is 0 Å². The van der Waals surface area contributed by atoms with Gasteiger partial charge >= 0.3 is 0 Å². The molecule has 0 saturated heterocycles. The fraction of sp³-hybridized carbons (Fsp3) is 0.350. The van der Waals surface area contributed by atoms with Crippen LogP contribution in [0.2, 0.25) is 0 Å². The summed E-state index contributed by atoms with van der Waals surface area (Å²) in [6.45, 7) is 4.28. The Morgan fingerprint density at radius 2 is 1.64 bits per heavy atom. The molecule has 2 aromatic rings. The molecule has 1 unspecified atom stereocenters. The molecule has 1 amide bonds. The third-order valence-corrected chi connectivity index (χ3v) is 4.01. The maximum Gasteiger partial charge on any atom is 0.228 e. The van der Waals surface area contributed by atoms with Crippen LogP contribution in [0.3, 0.4) is 0 Å². The maximum atomic E-state index is 12.2. The van der Waals surface area contributed by atoms with Crippen molar-refractivity contribution in [2.45, 2.75) is 32.7 Å². The first-order valence-corrected chi connectivity index (χ1v) is 8.43. The number of anilines is 2. The van der Waals surface area contributed by atoms with Crippen molar-refractivity contribution < 1.29 is 14.3 Å². The monoisotopic (exact) mass is 342 g/mol. The van der Waals surface area contributed by atoms with Crippen LogP contribution in [0, 0.1) is 0 Å². The normalized spacial score (nSPS) is 11.5. The second-order valence-corrected chi connectivity index (χ2v) is 5.95. The quantitative estimate of drug-likeness (QED) is 0.758. The Morgan fingerprint density at radius 1 is 1.00 bits per heavy atom. The third-order valence-electron chi connectivity index (χ3n) is 4.01. The predicted octanol–water partition coefficient (Wildman–Crippen LogP) is 4.10. The van der Waals surface area contributed by atoms with Gasteiger partial charge in [0.05, 0.1) is 20.6 Å². The summed E-state index contributed by atoms with van der Waals surface area (Å²) in [5.74, 6) is 1.19. The molecule has 0 saturated carbocycles. The topological polar surface area (TPSA) is 59.6 Å². The maximum absolute atomic E-state index is 12.2. The number of benzene rings is 2. The Kier molecular flexibility index (Phi) is 6.69. The average molecular weight is 342 g/mol. The van der Waals surface area contributed by atoms with Gasteiger partial charge in [-0.25, -0.2) is 0 Å². The molecule has 5 heteroatoms. The van der Waals surface area contributed by atoms with Gasteiger partial charge in [-0.05, 0) is 55.3 Å². The Labute approximate surface area is 149 Å². The van der Waals surface area contributed by atoms with E-state index in [1.54, 1.807) is 20.3 Å². The highest BCUT2D eigenvalue weighted by atomic mass is 16.5. The molecule has 0 bridgehead atoms. The number of rotatable bonds is 8. The third kappa shape index (κ3) is 5.41. The first-order chi connectivity index (χ1) is 12.0. The molecule has 2 rings (SSSR count). The molecule has 0 fully saturated rings. The zero-order chi connectivity index (χ0) is 18.2. The predicted molar refractivity (Wildman–Crippen MR) is 102 cm³/mol. The van der Waals surface area contributed by atoms with Crippen molar-refractivity contribution >= 4 is 17.3 Å². The van der Waals surface area contributed by atoms with E-state index in [0.29, 0.717) is 17.5 Å². The molecule has 0 aliphatic carbocycles. The van der Waals surface area contributed by atoms with Gasteiger partial charge in [0.2, 0.25) is 5.91 Å². The fourth-order valence-electron chi connectivity index (χ4n) is 2.42. The molecule has 0 heterocycles. The van der Waals surface area contributed by atoms with Crippen LogP contribution in [-0.2, 0) is 11.2 Å². The lowest BCUT2D eigenvalue weighted by molar-refractivity contribution is -0.115. The second-order valence-electron chi connectivity index (χ2n) is 5.95. The SMILES string of the molecule is CCC(C)Nc1ccc(NC(=O)Cc2ccc(OC)c(OC)c2)cc1. The smallest absolute Gasteiger partial charge is 0.228 e. The van der Waals surface area contributed by atoms with Gasteiger partial charge in [0, 0.05) is 17.4 Å². The van der Waals surface area contributed by atoms with E-state index in [4.69, 9.17) is 9.47 Å². The van der Waals surface area contributed by atoms with E-state index in [2.05, 4.69) is 24.5 Å². The summed E-state index contributed by atoms with van der Waals surface area (Å²) in [4.78, 5) is 12.2. The molecular formula is C20H26N2O3. The molecule has 1 atom stereocenters. The van der Waals surface area contributed by atoms with Gasteiger partial charge in [0.1, 0.15) is 0 Å². The van der Waals surface area contributed by atoms with Crippen molar-refractivity contribution in [1.29, 1.82) is 0 Å². The van der Waals surface area contributed by atoms with E-state index in [1.165, 1.54) is 0 Å². The Morgan fingerprint density at radius 3 is 2.24 bits per heavy atom. The van der Waals surface area contributed by atoms with E-state index < -0.39 is 0 Å². The zero-order valence-electron chi connectivity index (χ0n) is 15.3. The van der Waals surface area contributed by atoms with E-state index >= 15 is 0 Å². The van der Waals surface area contributed by atoms with E-state index in [9.17, 15) is 4.79 Å². The Bertz CT molecular complexity index is 699. The van der Waals surface area contributed by atoms with E-state index in [1.807, 2.05) is 36.4 Å². The molecule has 2 N–H and O–H groups in total. The lowest BCUT2D eigenvalue weighted by Crippen LogP contribution is -2.15. The minimum absolute atomic E-state index is 0.0742. The summed E-state index contributed by atoms with van der Waals surface area (Å²) in [5.41, 5.74) is 2.69. The largest absolute Gasteiger partial charge is 0.493 e. The summed E-state index contributed by atoms with van der Waals surface area (Å²) in [5, 5.41) is 6.31. The van der Waals surface area contributed by atoms with E-state index in [-0.39, 0.29) is 12.3 Å². The average Bonchev–Trinajstić information content (AvgIpc) is 2.63. The number of carbonyl (C=O) groups excluding carboxylic acids is 1. The van der Waals surface area contributed by atoms with Gasteiger partial charge in [-0.1, -0.05) is 13.0 Å². The molecule has 0 aliphatic heterocycles. The van der Waals surface area contributed by atoms with Gasteiger partial charge in [-0.15, -0.1) is 0 Å². The zero-order valence-corrected chi connectivity index (χ0v) is 15.3. The molecule has 2 aromatic carbocycles. The van der Waals surface area contributed by atoms with Crippen LogP contribution in [0.1, 0.15) is 25.8 Å². The van der Waals surface area contributed by atoms with Crippen LogP contribution in [0.25, 0.3) is 0 Å². The molecule has 0 aromatic heterocycles. The van der Waals surface area contributed by atoms with Crippen molar-refractivity contribution in [2.75, 3.05) is 24.9 Å². The first-order valence-electron chi connectivity index (χ1n) is 8.43. The number of ether oxygens (including phenoxy) is 2. The van der Waals surface area contributed by atoms with Crippen molar-refractivity contribution in [3.05, 3.63) is 48.0 Å². The molecule has 134 valence electrons. The Hall–Kier alpha value is -2.69. The summed E-state index contributed by atoms with van der Waals surface area (Å²) < 4.78 is 10.5. The van der Waals surface area contributed by atoms with Crippen LogP contribution in [0.15, 0.2) is 42.5 Å². The van der Waals surface area contributed by atoms with Crippen LogP contribution in [0.5, 0.6) is 11.5 Å².